The van der Waals surface area contributed by atoms with Crippen molar-refractivity contribution in [2.45, 2.75) is 31.2 Å². The van der Waals surface area contributed by atoms with Crippen molar-refractivity contribution in [2.75, 3.05) is 13.1 Å². The van der Waals surface area contributed by atoms with E-state index < -0.39 is 0 Å². The number of carbonyl (C=O) groups excluding carboxylic acids is 1. The van der Waals surface area contributed by atoms with Crippen LogP contribution in [0, 0.1) is 0 Å². The van der Waals surface area contributed by atoms with E-state index in [0.717, 1.165) is 37.9 Å². The number of nitrogens with zero attached hydrogens (tertiary/aromatic N) is 2. The highest BCUT2D eigenvalue weighted by molar-refractivity contribution is 5.75. The van der Waals surface area contributed by atoms with Gasteiger partial charge in [-0.3, -0.25) is 0 Å². The summed E-state index contributed by atoms with van der Waals surface area (Å²) in [6.07, 6.45) is 6.29. The number of carbonyl (C=O) groups is 1. The number of likely N-dealkylation sites (tertiary alicyclic amines) is 1. The minimum atomic E-state index is 0.0503. The largest absolute Gasteiger partial charge is 0.506 e. The fraction of sp³-hybridized carbons (Fsp3) is 0.259. The highest BCUT2D eigenvalue weighted by atomic mass is 16.5. The number of amides is 2. The predicted octanol–water partition coefficient (Wildman–Crippen LogP) is 5.32. The van der Waals surface area contributed by atoms with Gasteiger partial charge in [-0.15, -0.1) is 0 Å². The first kappa shape index (κ1) is 21.1. The summed E-state index contributed by atoms with van der Waals surface area (Å²) in [5, 5.41) is 12.6. The lowest BCUT2D eigenvalue weighted by Gasteiger charge is -2.28. The zero-order valence-electron chi connectivity index (χ0n) is 18.4. The van der Waals surface area contributed by atoms with Gasteiger partial charge in [-0.25, -0.2) is 9.78 Å². The van der Waals surface area contributed by atoms with Crippen molar-refractivity contribution in [3.63, 3.8) is 0 Å². The van der Waals surface area contributed by atoms with Gasteiger partial charge in [-0.1, -0.05) is 54.1 Å². The third-order valence-electron chi connectivity index (χ3n) is 6.19. The van der Waals surface area contributed by atoms with Gasteiger partial charge in [0, 0.05) is 31.1 Å². The summed E-state index contributed by atoms with van der Waals surface area (Å²) in [5.74, 6) is 1.68. The standard InChI is InChI=1S/C27H27N3O3/c31-22-9-10-26(28-18-22)33-23-8-4-5-20(16-23)15-19-11-13-30(14-12-19)27(32)29-25-17-24(25)21-6-2-1-3-7-21/h1-10,15-16,18,24-25,31H,11-14,17H2,(H,29,32)/t24-,25?/m0/s1. The molecular weight excluding hydrogens is 414 g/mol. The smallest absolute Gasteiger partial charge is 0.317 e. The maximum absolute atomic E-state index is 12.7. The van der Waals surface area contributed by atoms with Gasteiger partial charge < -0.3 is 20.1 Å². The van der Waals surface area contributed by atoms with Crippen molar-refractivity contribution in [1.29, 1.82) is 0 Å². The molecule has 1 aliphatic heterocycles. The van der Waals surface area contributed by atoms with E-state index in [9.17, 15) is 9.90 Å². The second-order valence-electron chi connectivity index (χ2n) is 8.63. The fourth-order valence-electron chi connectivity index (χ4n) is 4.27. The van der Waals surface area contributed by atoms with E-state index in [4.69, 9.17) is 4.74 Å². The highest BCUT2D eigenvalue weighted by Crippen LogP contribution is 2.40. The van der Waals surface area contributed by atoms with Crippen LogP contribution < -0.4 is 10.1 Å². The molecule has 2 heterocycles. The molecule has 1 aromatic heterocycles. The molecule has 0 radical (unpaired) electrons. The summed E-state index contributed by atoms with van der Waals surface area (Å²) in [6, 6.07) is 21.7. The van der Waals surface area contributed by atoms with Gasteiger partial charge in [0.1, 0.15) is 11.5 Å². The lowest BCUT2D eigenvalue weighted by Crippen LogP contribution is -2.44. The molecule has 2 amide bonds. The van der Waals surface area contributed by atoms with Crippen LogP contribution >= 0.6 is 0 Å². The molecule has 3 aromatic rings. The van der Waals surface area contributed by atoms with E-state index >= 15 is 0 Å². The van der Waals surface area contributed by atoms with Crippen LogP contribution in [0.4, 0.5) is 4.79 Å². The number of aromatic hydroxyl groups is 1. The van der Waals surface area contributed by atoms with E-state index in [-0.39, 0.29) is 17.8 Å². The maximum atomic E-state index is 12.7. The monoisotopic (exact) mass is 441 g/mol. The summed E-state index contributed by atoms with van der Waals surface area (Å²) < 4.78 is 5.78. The minimum Gasteiger partial charge on any atom is -0.506 e. The number of urea groups is 1. The van der Waals surface area contributed by atoms with Crippen molar-refractivity contribution in [3.05, 3.63) is 89.6 Å². The minimum absolute atomic E-state index is 0.0503. The molecule has 2 aromatic carbocycles. The van der Waals surface area contributed by atoms with E-state index in [1.54, 1.807) is 12.1 Å². The molecule has 33 heavy (non-hydrogen) atoms. The molecule has 6 heteroatoms. The first-order valence-electron chi connectivity index (χ1n) is 11.4. The Morgan fingerprint density at radius 3 is 2.64 bits per heavy atom. The Labute approximate surface area is 193 Å². The quantitative estimate of drug-likeness (QED) is 0.562. The average Bonchev–Trinajstić information content (AvgIpc) is 3.61. The van der Waals surface area contributed by atoms with Gasteiger partial charge in [0.25, 0.3) is 0 Å². The number of benzene rings is 2. The summed E-state index contributed by atoms with van der Waals surface area (Å²) in [4.78, 5) is 18.7. The van der Waals surface area contributed by atoms with Crippen LogP contribution in [-0.4, -0.2) is 40.2 Å². The Morgan fingerprint density at radius 1 is 1.06 bits per heavy atom. The summed E-state index contributed by atoms with van der Waals surface area (Å²) in [6.45, 7) is 1.46. The first-order chi connectivity index (χ1) is 16.1. The Hall–Kier alpha value is -3.80. The zero-order chi connectivity index (χ0) is 22.6. The van der Waals surface area contributed by atoms with Crippen molar-refractivity contribution in [1.82, 2.24) is 15.2 Å². The second-order valence-corrected chi connectivity index (χ2v) is 8.63. The molecule has 6 nitrogen and oxygen atoms in total. The highest BCUT2D eigenvalue weighted by Gasteiger charge is 2.40. The van der Waals surface area contributed by atoms with Gasteiger partial charge in [0.15, 0.2) is 0 Å². The number of nitrogens with one attached hydrogen (secondary N) is 1. The molecule has 2 N–H and O–H groups in total. The van der Waals surface area contributed by atoms with Crippen LogP contribution in [0.15, 0.2) is 78.5 Å². The average molecular weight is 442 g/mol. The summed E-state index contributed by atoms with van der Waals surface area (Å²) in [5.41, 5.74) is 3.69. The van der Waals surface area contributed by atoms with E-state index in [0.29, 0.717) is 17.5 Å². The SMILES string of the molecule is O=C(NC1C[C@H]1c1ccccc1)N1CCC(=Cc2cccc(Oc3ccc(O)cn3)c2)CC1. The van der Waals surface area contributed by atoms with Gasteiger partial charge in [-0.05, 0) is 48.6 Å². The Balaban J connectivity index is 1.13. The molecule has 1 aliphatic carbocycles. The molecular formula is C27H27N3O3. The van der Waals surface area contributed by atoms with Crippen LogP contribution in [0.3, 0.4) is 0 Å². The first-order valence-corrected chi connectivity index (χ1v) is 11.4. The van der Waals surface area contributed by atoms with Crippen molar-refractivity contribution in [3.8, 4) is 17.4 Å². The Kier molecular flexibility index (Phi) is 5.98. The molecule has 0 bridgehead atoms. The third-order valence-corrected chi connectivity index (χ3v) is 6.19. The van der Waals surface area contributed by atoms with Crippen LogP contribution in [0.2, 0.25) is 0 Å². The lowest BCUT2D eigenvalue weighted by atomic mass is 10.0. The van der Waals surface area contributed by atoms with Gasteiger partial charge >= 0.3 is 6.03 Å². The molecule has 0 spiro atoms. The van der Waals surface area contributed by atoms with Gasteiger partial charge in [0.2, 0.25) is 5.88 Å². The van der Waals surface area contributed by atoms with Crippen molar-refractivity contribution in [2.24, 2.45) is 0 Å². The summed E-state index contributed by atoms with van der Waals surface area (Å²) in [7, 11) is 0. The topological polar surface area (TPSA) is 74.7 Å². The lowest BCUT2D eigenvalue weighted by molar-refractivity contribution is 0.193. The molecule has 168 valence electrons. The van der Waals surface area contributed by atoms with E-state index in [2.05, 4.69) is 40.6 Å². The van der Waals surface area contributed by atoms with Crippen molar-refractivity contribution >= 4 is 12.1 Å². The Morgan fingerprint density at radius 2 is 1.88 bits per heavy atom. The number of aromatic nitrogens is 1. The normalized spacial score (nSPS) is 19.6. The Bertz CT molecular complexity index is 1130. The fourth-order valence-corrected chi connectivity index (χ4v) is 4.27. The number of hydrogen-bond donors (Lipinski definition) is 2. The number of ether oxygens (including phenoxy) is 1. The number of piperidine rings is 1. The predicted molar refractivity (Wildman–Crippen MR) is 127 cm³/mol. The van der Waals surface area contributed by atoms with Crippen LogP contribution in [0.5, 0.6) is 17.4 Å². The van der Waals surface area contributed by atoms with Crippen LogP contribution in [-0.2, 0) is 0 Å². The second kappa shape index (κ2) is 9.36. The van der Waals surface area contributed by atoms with Crippen LogP contribution in [0.1, 0.15) is 36.3 Å². The zero-order valence-corrected chi connectivity index (χ0v) is 18.4. The molecule has 5 rings (SSSR count). The molecule has 1 saturated carbocycles. The number of pyridine rings is 1. The number of rotatable bonds is 5. The molecule has 1 unspecified atom stereocenters. The van der Waals surface area contributed by atoms with Gasteiger partial charge in [-0.2, -0.15) is 0 Å². The van der Waals surface area contributed by atoms with Crippen LogP contribution in [0.25, 0.3) is 6.08 Å². The van der Waals surface area contributed by atoms with E-state index in [1.807, 2.05) is 35.2 Å². The maximum Gasteiger partial charge on any atom is 0.317 e. The molecule has 2 fully saturated rings. The molecule has 2 atom stereocenters. The number of hydrogen-bond acceptors (Lipinski definition) is 4. The third kappa shape index (κ3) is 5.34. The molecule has 2 aliphatic rings. The summed E-state index contributed by atoms with van der Waals surface area (Å²) >= 11 is 0. The van der Waals surface area contributed by atoms with Crippen molar-refractivity contribution < 1.29 is 14.6 Å². The van der Waals surface area contributed by atoms with Gasteiger partial charge in [0.05, 0.1) is 6.20 Å². The van der Waals surface area contributed by atoms with E-state index in [1.165, 1.54) is 17.3 Å². The molecule has 1 saturated heterocycles.